The van der Waals surface area contributed by atoms with Gasteiger partial charge in [0.25, 0.3) is 0 Å². The van der Waals surface area contributed by atoms with Gasteiger partial charge in [-0.15, -0.1) is 0 Å². The molecule has 4 heteroatoms. The Morgan fingerprint density at radius 1 is 1.05 bits per heavy atom. The van der Waals surface area contributed by atoms with Gasteiger partial charge < -0.3 is 9.84 Å². The largest absolute Gasteiger partial charge is 0.456 e. The van der Waals surface area contributed by atoms with Gasteiger partial charge in [-0.1, -0.05) is 28.1 Å². The first-order valence-electron chi connectivity index (χ1n) is 5.89. The van der Waals surface area contributed by atoms with E-state index in [0.717, 1.165) is 31.6 Å². The number of aliphatic hydroxyl groups excluding tert-OH is 1. The molecule has 0 fully saturated rings. The van der Waals surface area contributed by atoms with E-state index in [0.29, 0.717) is 0 Å². The van der Waals surface area contributed by atoms with Crippen LogP contribution in [0.5, 0.6) is 11.5 Å². The monoisotopic (exact) mass is 384 g/mol. The zero-order valence-corrected chi connectivity index (χ0v) is 13.8. The van der Waals surface area contributed by atoms with Crippen LogP contribution in [0.15, 0.2) is 45.3 Å². The van der Waals surface area contributed by atoms with Crippen molar-refractivity contribution in [1.29, 1.82) is 0 Å². The highest BCUT2D eigenvalue weighted by Gasteiger charge is 2.08. The Balaban J connectivity index is 2.31. The Morgan fingerprint density at radius 2 is 1.79 bits per heavy atom. The average Bonchev–Trinajstić information content (AvgIpc) is 2.36. The van der Waals surface area contributed by atoms with E-state index >= 15 is 0 Å². The van der Waals surface area contributed by atoms with Crippen LogP contribution in [0.25, 0.3) is 0 Å². The minimum Gasteiger partial charge on any atom is -0.456 e. The molecule has 100 valence electrons. The summed E-state index contributed by atoms with van der Waals surface area (Å²) in [7, 11) is 0. The van der Waals surface area contributed by atoms with Gasteiger partial charge >= 0.3 is 0 Å². The molecule has 0 bridgehead atoms. The van der Waals surface area contributed by atoms with E-state index in [9.17, 15) is 5.11 Å². The fourth-order valence-corrected chi connectivity index (χ4v) is 2.48. The van der Waals surface area contributed by atoms with Crippen molar-refractivity contribution in [2.45, 2.75) is 20.0 Å². The Kier molecular flexibility index (Phi) is 4.66. The maximum atomic E-state index is 9.54. The van der Waals surface area contributed by atoms with Gasteiger partial charge in [0.1, 0.15) is 11.5 Å². The first kappa shape index (κ1) is 14.6. The molecule has 0 radical (unpaired) electrons. The van der Waals surface area contributed by atoms with E-state index in [4.69, 9.17) is 4.74 Å². The third-order valence-corrected chi connectivity index (χ3v) is 3.92. The van der Waals surface area contributed by atoms with Crippen LogP contribution in [0.4, 0.5) is 0 Å². The van der Waals surface area contributed by atoms with Crippen LogP contribution >= 0.6 is 31.9 Å². The zero-order chi connectivity index (χ0) is 14.0. The normalized spacial score (nSPS) is 12.3. The average molecular weight is 386 g/mol. The van der Waals surface area contributed by atoms with Gasteiger partial charge in [-0.2, -0.15) is 0 Å². The third-order valence-electron chi connectivity index (χ3n) is 2.81. The molecule has 0 spiro atoms. The van der Waals surface area contributed by atoms with Crippen molar-refractivity contribution in [3.63, 3.8) is 0 Å². The predicted molar refractivity (Wildman–Crippen MR) is 83.7 cm³/mol. The molecular formula is C15H14Br2O2. The van der Waals surface area contributed by atoms with Gasteiger partial charge in [0.2, 0.25) is 0 Å². The highest BCUT2D eigenvalue weighted by atomic mass is 79.9. The molecule has 0 saturated carbocycles. The minimum absolute atomic E-state index is 0.488. The molecule has 0 aliphatic heterocycles. The Bertz CT molecular complexity index is 595. The molecule has 1 unspecified atom stereocenters. The van der Waals surface area contributed by atoms with Crippen LogP contribution in [0.2, 0.25) is 0 Å². The quantitative estimate of drug-likeness (QED) is 0.769. The molecule has 0 saturated heterocycles. The Labute approximate surface area is 129 Å². The number of ether oxygens (including phenoxy) is 1. The van der Waals surface area contributed by atoms with Crippen molar-refractivity contribution in [3.8, 4) is 11.5 Å². The molecule has 19 heavy (non-hydrogen) atoms. The van der Waals surface area contributed by atoms with E-state index in [1.807, 2.05) is 43.3 Å². The molecule has 1 N–H and O–H groups in total. The van der Waals surface area contributed by atoms with Crippen LogP contribution in [0.3, 0.4) is 0 Å². The van der Waals surface area contributed by atoms with E-state index in [1.165, 1.54) is 0 Å². The van der Waals surface area contributed by atoms with Crippen LogP contribution < -0.4 is 4.74 Å². The van der Waals surface area contributed by atoms with Gasteiger partial charge in [-0.05, 0) is 65.2 Å². The number of aryl methyl sites for hydroxylation is 1. The highest BCUT2D eigenvalue weighted by molar-refractivity contribution is 9.10. The second-order valence-electron chi connectivity index (χ2n) is 4.38. The van der Waals surface area contributed by atoms with E-state index in [1.54, 1.807) is 6.92 Å². The molecule has 0 amide bonds. The number of hydrogen-bond donors (Lipinski definition) is 1. The fourth-order valence-electron chi connectivity index (χ4n) is 1.66. The van der Waals surface area contributed by atoms with Gasteiger partial charge in [-0.25, -0.2) is 0 Å². The summed E-state index contributed by atoms with van der Waals surface area (Å²) in [6, 6.07) is 11.5. The van der Waals surface area contributed by atoms with E-state index < -0.39 is 6.10 Å². The maximum Gasteiger partial charge on any atom is 0.141 e. The number of aliphatic hydroxyl groups is 1. The second kappa shape index (κ2) is 6.07. The summed E-state index contributed by atoms with van der Waals surface area (Å²) in [5, 5.41) is 9.54. The zero-order valence-electron chi connectivity index (χ0n) is 10.7. The van der Waals surface area contributed by atoms with Gasteiger partial charge in [-0.3, -0.25) is 0 Å². The Morgan fingerprint density at radius 3 is 2.42 bits per heavy atom. The lowest BCUT2D eigenvalue weighted by Gasteiger charge is -2.12. The Hall–Kier alpha value is -0.840. The molecule has 0 heterocycles. The van der Waals surface area contributed by atoms with Gasteiger partial charge in [0, 0.05) is 4.47 Å². The molecule has 1 atom stereocenters. The number of halogens is 2. The van der Waals surface area contributed by atoms with Crippen LogP contribution in [-0.4, -0.2) is 5.11 Å². The number of benzene rings is 2. The lowest BCUT2D eigenvalue weighted by atomic mass is 10.1. The lowest BCUT2D eigenvalue weighted by molar-refractivity contribution is 0.199. The van der Waals surface area contributed by atoms with Crippen molar-refractivity contribution < 1.29 is 9.84 Å². The van der Waals surface area contributed by atoms with Crippen molar-refractivity contribution in [2.75, 3.05) is 0 Å². The number of rotatable bonds is 3. The summed E-state index contributed by atoms with van der Waals surface area (Å²) >= 11 is 6.90. The van der Waals surface area contributed by atoms with Gasteiger partial charge in [0.05, 0.1) is 10.6 Å². The SMILES string of the molecule is Cc1ccc(Br)cc1Oc1ccc(C(C)O)cc1Br. The van der Waals surface area contributed by atoms with E-state index in [2.05, 4.69) is 31.9 Å². The van der Waals surface area contributed by atoms with Crippen LogP contribution in [0.1, 0.15) is 24.2 Å². The summed E-state index contributed by atoms with van der Waals surface area (Å²) < 4.78 is 7.70. The van der Waals surface area contributed by atoms with Gasteiger partial charge in [0.15, 0.2) is 0 Å². The summed E-state index contributed by atoms with van der Waals surface area (Å²) in [6.07, 6.45) is -0.488. The summed E-state index contributed by atoms with van der Waals surface area (Å²) in [6.45, 7) is 3.74. The molecule has 0 aromatic heterocycles. The molecule has 2 rings (SSSR count). The standard InChI is InChI=1S/C15H14Br2O2/c1-9-3-5-12(16)8-15(9)19-14-6-4-11(10(2)18)7-13(14)17/h3-8,10,18H,1-2H3. The van der Waals surface area contributed by atoms with Crippen molar-refractivity contribution in [1.82, 2.24) is 0 Å². The third kappa shape index (κ3) is 3.59. The molecule has 2 aromatic carbocycles. The van der Waals surface area contributed by atoms with Crippen molar-refractivity contribution >= 4 is 31.9 Å². The molecular weight excluding hydrogens is 372 g/mol. The first-order chi connectivity index (χ1) is 8.97. The van der Waals surface area contributed by atoms with Crippen molar-refractivity contribution in [2.24, 2.45) is 0 Å². The molecule has 0 aliphatic rings. The molecule has 0 aliphatic carbocycles. The maximum absolute atomic E-state index is 9.54. The van der Waals surface area contributed by atoms with Crippen LogP contribution in [0, 0.1) is 6.92 Å². The lowest BCUT2D eigenvalue weighted by Crippen LogP contribution is -1.93. The number of hydrogen-bond acceptors (Lipinski definition) is 2. The fraction of sp³-hybridized carbons (Fsp3) is 0.200. The summed E-state index contributed by atoms with van der Waals surface area (Å²) in [4.78, 5) is 0. The van der Waals surface area contributed by atoms with Crippen LogP contribution in [-0.2, 0) is 0 Å². The summed E-state index contributed by atoms with van der Waals surface area (Å²) in [5.41, 5.74) is 1.92. The molecule has 2 aromatic rings. The smallest absolute Gasteiger partial charge is 0.141 e. The first-order valence-corrected chi connectivity index (χ1v) is 7.47. The van der Waals surface area contributed by atoms with Crippen molar-refractivity contribution in [3.05, 3.63) is 56.5 Å². The minimum atomic E-state index is -0.488. The summed E-state index contributed by atoms with van der Waals surface area (Å²) in [5.74, 6) is 1.53. The predicted octanol–water partition coefficient (Wildman–Crippen LogP) is 5.37. The topological polar surface area (TPSA) is 29.5 Å². The highest BCUT2D eigenvalue weighted by Crippen LogP contribution is 2.34. The molecule has 2 nitrogen and oxygen atoms in total. The second-order valence-corrected chi connectivity index (χ2v) is 6.15. The van der Waals surface area contributed by atoms with E-state index in [-0.39, 0.29) is 0 Å².